The van der Waals surface area contributed by atoms with Gasteiger partial charge in [0.2, 0.25) is 0 Å². The van der Waals surface area contributed by atoms with Crippen molar-refractivity contribution in [1.29, 1.82) is 0 Å². The van der Waals surface area contributed by atoms with Crippen LogP contribution in [0.5, 0.6) is 0 Å². The van der Waals surface area contributed by atoms with Gasteiger partial charge in [-0.2, -0.15) is 0 Å². The first kappa shape index (κ1) is 48.1. The summed E-state index contributed by atoms with van der Waals surface area (Å²) in [4.78, 5) is 12.6. The van der Waals surface area contributed by atoms with Gasteiger partial charge in [-0.1, -0.05) is 207 Å². The predicted octanol–water partition coefficient (Wildman–Crippen LogP) is 14.7. The van der Waals surface area contributed by atoms with Crippen LogP contribution in [0, 0.1) is 0 Å². The molecule has 0 aromatic heterocycles. The minimum atomic E-state index is -3.87. The van der Waals surface area contributed by atoms with Gasteiger partial charge in [-0.05, 0) is 51.7 Å². The number of hydrogen-bond donors (Lipinski definition) is 1. The number of unbranched alkanes of at least 4 members (excludes halogenated alkanes) is 30. The molecule has 0 rings (SSSR count). The molecular weight excluding hydrogens is 613 g/mol. The predicted molar refractivity (Wildman–Crippen MR) is 212 cm³/mol. The Balaban J connectivity index is 3.57. The molecule has 0 bridgehead atoms. The smallest absolute Gasteiger partial charge is 0.303 e. The van der Waals surface area contributed by atoms with Gasteiger partial charge in [0.25, 0.3) is 0 Å². The molecule has 0 aliphatic rings. The van der Waals surface area contributed by atoms with E-state index in [2.05, 4.69) is 25.7 Å². The van der Waals surface area contributed by atoms with Crippen molar-refractivity contribution < 1.29 is 18.5 Å². The number of rotatable bonds is 42. The minimum Gasteiger partial charge on any atom is -0.303 e. The molecule has 0 saturated heterocycles. The third-order valence-corrected chi connectivity index (χ3v) is 11.0. The van der Waals surface area contributed by atoms with Crippen molar-refractivity contribution in [2.45, 2.75) is 239 Å². The normalized spacial score (nSPS) is 13.1. The number of hydrogen-bond acceptors (Lipinski definition) is 4. The lowest BCUT2D eigenvalue weighted by molar-refractivity contribution is 0.145. The van der Waals surface area contributed by atoms with Crippen molar-refractivity contribution in [2.75, 3.05) is 32.8 Å². The van der Waals surface area contributed by atoms with E-state index in [0.29, 0.717) is 13.2 Å². The fraction of sp³-hybridized carbons (Fsp3) is 1.00. The molecule has 0 radical (unpaired) electrons. The maximum absolute atomic E-state index is 12.0. The third-order valence-electron chi connectivity index (χ3n) is 10.0. The highest BCUT2D eigenvalue weighted by atomic mass is 31.2. The van der Waals surface area contributed by atoms with Crippen molar-refractivity contribution in [3.05, 3.63) is 0 Å². The van der Waals surface area contributed by atoms with Crippen LogP contribution in [0.2, 0.25) is 0 Å². The van der Waals surface area contributed by atoms with Crippen LogP contribution in [-0.4, -0.2) is 42.6 Å². The Hall–Kier alpha value is 0.0700. The molecule has 6 heteroatoms. The molecule has 0 saturated carbocycles. The SMILES string of the molecule is CCCCCCCCCOP(=O)(O)OCCCCCCCCCCCCCCCCCN(CCCCCCCC)CCCCCCCC. The largest absolute Gasteiger partial charge is 0.472 e. The summed E-state index contributed by atoms with van der Waals surface area (Å²) in [6, 6.07) is 0. The highest BCUT2D eigenvalue weighted by Gasteiger charge is 2.19. The molecule has 0 amide bonds. The quantitative estimate of drug-likeness (QED) is 0.0507. The third kappa shape index (κ3) is 38.9. The fourth-order valence-electron chi connectivity index (χ4n) is 6.76. The molecule has 48 heavy (non-hydrogen) atoms. The van der Waals surface area contributed by atoms with Crippen LogP contribution < -0.4 is 0 Å². The maximum Gasteiger partial charge on any atom is 0.472 e. The van der Waals surface area contributed by atoms with E-state index in [1.165, 1.54) is 212 Å². The Morgan fingerprint density at radius 3 is 0.812 bits per heavy atom. The Morgan fingerprint density at radius 1 is 0.354 bits per heavy atom. The first-order valence-electron chi connectivity index (χ1n) is 21.9. The first-order chi connectivity index (χ1) is 23.6. The van der Waals surface area contributed by atoms with Crippen molar-refractivity contribution in [3.8, 4) is 0 Å². The Labute approximate surface area is 302 Å². The zero-order chi connectivity index (χ0) is 35.1. The molecule has 290 valence electrons. The van der Waals surface area contributed by atoms with Gasteiger partial charge < -0.3 is 9.79 Å². The molecule has 1 atom stereocenters. The lowest BCUT2D eigenvalue weighted by atomic mass is 10.0. The molecule has 0 aliphatic carbocycles. The molecule has 5 nitrogen and oxygen atoms in total. The number of nitrogens with zero attached hydrogens (tertiary/aromatic N) is 1. The van der Waals surface area contributed by atoms with E-state index in [1.54, 1.807) is 0 Å². The summed E-state index contributed by atoms with van der Waals surface area (Å²) in [5.74, 6) is 0. The lowest BCUT2D eigenvalue weighted by Gasteiger charge is -2.22. The average Bonchev–Trinajstić information content (AvgIpc) is 3.08. The van der Waals surface area contributed by atoms with E-state index in [1.807, 2.05) is 0 Å². The van der Waals surface area contributed by atoms with Gasteiger partial charge in [-0.3, -0.25) is 9.05 Å². The van der Waals surface area contributed by atoms with Gasteiger partial charge in [-0.25, -0.2) is 4.57 Å². The lowest BCUT2D eigenvalue weighted by Crippen LogP contribution is -2.27. The Bertz CT molecular complexity index is 633. The summed E-state index contributed by atoms with van der Waals surface area (Å²) in [6.07, 6.45) is 44.8. The van der Waals surface area contributed by atoms with Crippen LogP contribution in [0.3, 0.4) is 0 Å². The molecule has 0 spiro atoms. The van der Waals surface area contributed by atoms with Crippen molar-refractivity contribution in [1.82, 2.24) is 4.90 Å². The van der Waals surface area contributed by atoms with E-state index in [4.69, 9.17) is 9.05 Å². The summed E-state index contributed by atoms with van der Waals surface area (Å²) in [6.45, 7) is 11.5. The van der Waals surface area contributed by atoms with Crippen LogP contribution in [0.1, 0.15) is 239 Å². The molecule has 0 heterocycles. The second kappa shape index (κ2) is 39.8. The van der Waals surface area contributed by atoms with Gasteiger partial charge in [0.1, 0.15) is 0 Å². The zero-order valence-corrected chi connectivity index (χ0v) is 34.0. The van der Waals surface area contributed by atoms with E-state index in [-0.39, 0.29) is 0 Å². The summed E-state index contributed by atoms with van der Waals surface area (Å²) in [7, 11) is -3.87. The molecule has 0 aliphatic heterocycles. The van der Waals surface area contributed by atoms with E-state index in [0.717, 1.165) is 25.7 Å². The highest BCUT2D eigenvalue weighted by molar-refractivity contribution is 7.47. The van der Waals surface area contributed by atoms with Gasteiger partial charge in [0.15, 0.2) is 0 Å². The molecule has 0 fully saturated rings. The van der Waals surface area contributed by atoms with Crippen molar-refractivity contribution in [3.63, 3.8) is 0 Å². The Kier molecular flexibility index (Phi) is 39.9. The number of phosphoric ester groups is 1. The first-order valence-corrected chi connectivity index (χ1v) is 23.4. The molecule has 1 N–H and O–H groups in total. The molecular formula is C42H88NO4P. The second-order valence-corrected chi connectivity index (χ2v) is 16.4. The van der Waals surface area contributed by atoms with Crippen LogP contribution >= 0.6 is 7.82 Å². The molecule has 1 unspecified atom stereocenters. The fourth-order valence-corrected chi connectivity index (χ4v) is 7.55. The van der Waals surface area contributed by atoms with E-state index in [9.17, 15) is 9.46 Å². The Morgan fingerprint density at radius 2 is 0.562 bits per heavy atom. The van der Waals surface area contributed by atoms with Crippen molar-refractivity contribution >= 4 is 7.82 Å². The zero-order valence-electron chi connectivity index (χ0n) is 33.1. The number of phosphoric acid groups is 1. The maximum atomic E-state index is 12.0. The van der Waals surface area contributed by atoms with Gasteiger partial charge in [0, 0.05) is 0 Å². The van der Waals surface area contributed by atoms with Crippen molar-refractivity contribution in [2.24, 2.45) is 0 Å². The standard InChI is InChI=1S/C42H88NO4P/c1-4-7-10-13-26-31-36-41-46-48(44,45)47-42-37-32-27-24-22-20-18-16-17-19-21-23-25-30-35-40-43(38-33-28-14-11-8-5-2)39-34-29-15-12-9-6-3/h4-42H2,1-3H3,(H,44,45). The van der Waals surface area contributed by atoms with Gasteiger partial charge in [0.05, 0.1) is 13.2 Å². The molecule has 0 aromatic rings. The van der Waals surface area contributed by atoms with Crippen LogP contribution in [-0.2, 0) is 13.6 Å². The summed E-state index contributed by atoms with van der Waals surface area (Å²) in [5, 5.41) is 0. The highest BCUT2D eigenvalue weighted by Crippen LogP contribution is 2.43. The van der Waals surface area contributed by atoms with Crippen LogP contribution in [0.15, 0.2) is 0 Å². The minimum absolute atomic E-state index is 0.319. The molecule has 0 aromatic carbocycles. The van der Waals surface area contributed by atoms with Gasteiger partial charge in [-0.15, -0.1) is 0 Å². The van der Waals surface area contributed by atoms with Crippen LogP contribution in [0.4, 0.5) is 0 Å². The summed E-state index contributed by atoms with van der Waals surface area (Å²) < 4.78 is 22.3. The average molecular weight is 702 g/mol. The van der Waals surface area contributed by atoms with E-state index < -0.39 is 7.82 Å². The topological polar surface area (TPSA) is 59.0 Å². The van der Waals surface area contributed by atoms with Crippen LogP contribution in [0.25, 0.3) is 0 Å². The van der Waals surface area contributed by atoms with E-state index >= 15 is 0 Å². The monoisotopic (exact) mass is 702 g/mol. The van der Waals surface area contributed by atoms with Gasteiger partial charge >= 0.3 is 7.82 Å². The second-order valence-electron chi connectivity index (χ2n) is 14.9. The summed E-state index contributed by atoms with van der Waals surface area (Å²) >= 11 is 0. The summed E-state index contributed by atoms with van der Waals surface area (Å²) in [5.41, 5.74) is 0.